The SMILES string of the molecule is COc1ccc(C(C)NC(C)CCS(C)=O)c(OC)c1. The zero-order valence-corrected chi connectivity index (χ0v) is 13.8. The van der Waals surface area contributed by atoms with Crippen molar-refractivity contribution >= 4 is 10.8 Å². The number of methoxy groups -OCH3 is 2. The summed E-state index contributed by atoms with van der Waals surface area (Å²) in [4.78, 5) is 0. The summed E-state index contributed by atoms with van der Waals surface area (Å²) in [5, 5.41) is 3.51. The fourth-order valence-corrected chi connectivity index (χ4v) is 2.80. The van der Waals surface area contributed by atoms with E-state index in [-0.39, 0.29) is 6.04 Å². The maximum Gasteiger partial charge on any atom is 0.127 e. The van der Waals surface area contributed by atoms with Gasteiger partial charge in [-0.2, -0.15) is 0 Å². The second-order valence-corrected chi connectivity index (χ2v) is 6.52. The van der Waals surface area contributed by atoms with E-state index in [9.17, 15) is 4.21 Å². The van der Waals surface area contributed by atoms with Crippen molar-refractivity contribution in [1.29, 1.82) is 0 Å². The van der Waals surface area contributed by atoms with Crippen molar-refractivity contribution in [3.05, 3.63) is 23.8 Å². The van der Waals surface area contributed by atoms with Crippen LogP contribution in [0.15, 0.2) is 18.2 Å². The molecule has 0 saturated heterocycles. The van der Waals surface area contributed by atoms with Gasteiger partial charge in [0.25, 0.3) is 0 Å². The minimum absolute atomic E-state index is 0.163. The van der Waals surface area contributed by atoms with Crippen molar-refractivity contribution < 1.29 is 13.7 Å². The Hall–Kier alpha value is -1.07. The topological polar surface area (TPSA) is 47.6 Å². The third-order valence-electron chi connectivity index (χ3n) is 3.28. The third kappa shape index (κ3) is 5.13. The van der Waals surface area contributed by atoms with E-state index in [2.05, 4.69) is 19.2 Å². The van der Waals surface area contributed by atoms with Gasteiger partial charge in [0.2, 0.25) is 0 Å². The van der Waals surface area contributed by atoms with Crippen molar-refractivity contribution in [3.8, 4) is 11.5 Å². The van der Waals surface area contributed by atoms with Gasteiger partial charge in [-0.1, -0.05) is 6.07 Å². The molecule has 0 heterocycles. The van der Waals surface area contributed by atoms with Gasteiger partial charge in [0.1, 0.15) is 11.5 Å². The van der Waals surface area contributed by atoms with E-state index in [1.165, 1.54) is 0 Å². The van der Waals surface area contributed by atoms with Gasteiger partial charge >= 0.3 is 0 Å². The monoisotopic (exact) mass is 299 g/mol. The van der Waals surface area contributed by atoms with Crippen LogP contribution in [0.2, 0.25) is 0 Å². The molecule has 1 aromatic carbocycles. The Labute approximate surface area is 124 Å². The Morgan fingerprint density at radius 2 is 1.95 bits per heavy atom. The summed E-state index contributed by atoms with van der Waals surface area (Å²) in [5.41, 5.74) is 1.10. The van der Waals surface area contributed by atoms with Crippen LogP contribution in [0.3, 0.4) is 0 Å². The number of ether oxygens (including phenoxy) is 2. The molecule has 0 amide bonds. The van der Waals surface area contributed by atoms with Gasteiger partial charge in [-0.25, -0.2) is 0 Å². The molecule has 0 fully saturated rings. The van der Waals surface area contributed by atoms with Crippen LogP contribution in [-0.4, -0.2) is 36.5 Å². The molecule has 3 unspecified atom stereocenters. The highest BCUT2D eigenvalue weighted by atomic mass is 32.2. The number of rotatable bonds is 8. The fourth-order valence-electron chi connectivity index (χ4n) is 2.12. The molecule has 0 radical (unpaired) electrons. The molecule has 0 aromatic heterocycles. The highest BCUT2D eigenvalue weighted by molar-refractivity contribution is 7.84. The Morgan fingerprint density at radius 3 is 2.50 bits per heavy atom. The molecule has 0 aliphatic rings. The Bertz CT molecular complexity index is 451. The van der Waals surface area contributed by atoms with Gasteiger partial charge in [-0.05, 0) is 26.3 Å². The molecule has 3 atom stereocenters. The molecule has 0 aliphatic heterocycles. The molecule has 0 saturated carbocycles. The molecule has 114 valence electrons. The molecule has 4 nitrogen and oxygen atoms in total. The number of nitrogens with one attached hydrogen (secondary N) is 1. The molecule has 1 rings (SSSR count). The minimum atomic E-state index is -0.737. The minimum Gasteiger partial charge on any atom is -0.497 e. The second kappa shape index (κ2) is 8.27. The lowest BCUT2D eigenvalue weighted by Crippen LogP contribution is -2.30. The molecular weight excluding hydrogens is 274 g/mol. The van der Waals surface area contributed by atoms with Crippen molar-refractivity contribution in [2.45, 2.75) is 32.4 Å². The maximum atomic E-state index is 11.1. The Balaban J connectivity index is 2.71. The van der Waals surface area contributed by atoms with Crippen LogP contribution >= 0.6 is 0 Å². The lowest BCUT2D eigenvalue weighted by Gasteiger charge is -2.22. The van der Waals surface area contributed by atoms with Crippen LogP contribution < -0.4 is 14.8 Å². The molecule has 0 bridgehead atoms. The molecule has 20 heavy (non-hydrogen) atoms. The van der Waals surface area contributed by atoms with Crippen molar-refractivity contribution in [2.24, 2.45) is 0 Å². The highest BCUT2D eigenvalue weighted by Gasteiger charge is 2.14. The van der Waals surface area contributed by atoms with Crippen molar-refractivity contribution in [2.75, 3.05) is 26.2 Å². The summed E-state index contributed by atoms with van der Waals surface area (Å²) in [6.07, 6.45) is 2.63. The fraction of sp³-hybridized carbons (Fsp3) is 0.600. The van der Waals surface area contributed by atoms with E-state index in [0.29, 0.717) is 6.04 Å². The summed E-state index contributed by atoms with van der Waals surface area (Å²) < 4.78 is 21.7. The lowest BCUT2D eigenvalue weighted by atomic mass is 10.1. The Kier molecular flexibility index (Phi) is 7.02. The smallest absolute Gasteiger partial charge is 0.127 e. The summed E-state index contributed by atoms with van der Waals surface area (Å²) in [7, 11) is 2.57. The van der Waals surface area contributed by atoms with Crippen LogP contribution in [0.25, 0.3) is 0 Å². The molecule has 0 spiro atoms. The summed E-state index contributed by atoms with van der Waals surface area (Å²) in [6, 6.07) is 6.30. The lowest BCUT2D eigenvalue weighted by molar-refractivity contribution is 0.381. The molecule has 5 heteroatoms. The molecular formula is C15H25NO3S. The first-order chi connectivity index (χ1) is 9.47. The average molecular weight is 299 g/mol. The summed E-state index contributed by atoms with van der Waals surface area (Å²) in [5.74, 6) is 2.32. The van der Waals surface area contributed by atoms with Crippen LogP contribution in [-0.2, 0) is 10.8 Å². The maximum absolute atomic E-state index is 11.1. The van der Waals surface area contributed by atoms with Gasteiger partial charge in [0.15, 0.2) is 0 Å². The third-order valence-corrected chi connectivity index (χ3v) is 4.09. The zero-order chi connectivity index (χ0) is 15.1. The van der Waals surface area contributed by atoms with Gasteiger partial charge in [-0.15, -0.1) is 0 Å². The summed E-state index contributed by atoms with van der Waals surface area (Å²) in [6.45, 7) is 4.21. The highest BCUT2D eigenvalue weighted by Crippen LogP contribution is 2.29. The molecule has 1 aromatic rings. The van der Waals surface area contributed by atoms with Gasteiger partial charge < -0.3 is 14.8 Å². The number of benzene rings is 1. The van der Waals surface area contributed by atoms with Crippen molar-refractivity contribution in [1.82, 2.24) is 5.32 Å². The van der Waals surface area contributed by atoms with Crippen LogP contribution in [0, 0.1) is 0 Å². The second-order valence-electron chi connectivity index (χ2n) is 4.96. The zero-order valence-electron chi connectivity index (χ0n) is 12.9. The standard InChI is InChI=1S/C15H25NO3S/c1-11(8-9-20(5)17)16-12(2)14-7-6-13(18-3)10-15(14)19-4/h6-7,10-12,16H,8-9H2,1-5H3. The average Bonchev–Trinajstić information content (AvgIpc) is 2.44. The first-order valence-electron chi connectivity index (χ1n) is 6.76. The van der Waals surface area contributed by atoms with Crippen LogP contribution in [0.1, 0.15) is 31.9 Å². The quantitative estimate of drug-likeness (QED) is 0.801. The first-order valence-corrected chi connectivity index (χ1v) is 8.48. The Morgan fingerprint density at radius 1 is 1.25 bits per heavy atom. The van der Waals surface area contributed by atoms with E-state index in [0.717, 1.165) is 29.2 Å². The predicted molar refractivity (Wildman–Crippen MR) is 84.1 cm³/mol. The van der Waals surface area contributed by atoms with E-state index in [1.807, 2.05) is 18.2 Å². The van der Waals surface area contributed by atoms with Gasteiger partial charge in [-0.3, -0.25) is 4.21 Å². The molecule has 0 aliphatic carbocycles. The van der Waals surface area contributed by atoms with Gasteiger partial charge in [0, 0.05) is 46.5 Å². The van der Waals surface area contributed by atoms with E-state index in [1.54, 1.807) is 20.5 Å². The van der Waals surface area contributed by atoms with Crippen molar-refractivity contribution in [3.63, 3.8) is 0 Å². The van der Waals surface area contributed by atoms with Crippen LogP contribution in [0.5, 0.6) is 11.5 Å². The largest absolute Gasteiger partial charge is 0.497 e. The predicted octanol–water partition coefficient (Wildman–Crippen LogP) is 2.51. The number of hydrogen-bond donors (Lipinski definition) is 1. The van der Waals surface area contributed by atoms with Crippen LogP contribution in [0.4, 0.5) is 0 Å². The first kappa shape index (κ1) is 17.0. The normalized spacial score (nSPS) is 15.4. The van der Waals surface area contributed by atoms with E-state index in [4.69, 9.17) is 9.47 Å². The van der Waals surface area contributed by atoms with Gasteiger partial charge in [0.05, 0.1) is 14.2 Å². The molecule has 1 N–H and O–H groups in total. The van der Waals surface area contributed by atoms with E-state index < -0.39 is 10.8 Å². The summed E-state index contributed by atoms with van der Waals surface area (Å²) >= 11 is 0. The van der Waals surface area contributed by atoms with E-state index >= 15 is 0 Å². The number of hydrogen-bond acceptors (Lipinski definition) is 4.